The standard InChI is InChI=1S/C55H36N2O2/c1-35-15-4-3-13-30-58-55-39(35)21-14-24-51(55)57-49-23-11-8-19-41(49)46-33-43(44(34-52(46)57)36-16-5-2-6-17-36)37-26-28-50-45(31-37)40-18-7-10-22-48(40)56(50)38-27-29-54-47(32-38)42-20-9-12-25-53(42)59-54/h2-29,31-34H,1,30H2/b13-3-,15-4-. The van der Waals surface area contributed by atoms with Crippen LogP contribution >= 0.6 is 0 Å². The highest BCUT2D eigenvalue weighted by Gasteiger charge is 2.22. The number of benzene rings is 8. The van der Waals surface area contributed by atoms with Gasteiger partial charge >= 0.3 is 0 Å². The van der Waals surface area contributed by atoms with E-state index in [9.17, 15) is 0 Å². The monoisotopic (exact) mass is 756 g/mol. The van der Waals surface area contributed by atoms with Gasteiger partial charge < -0.3 is 18.3 Å². The molecule has 0 N–H and O–H groups in total. The van der Waals surface area contributed by atoms with Gasteiger partial charge in [0.1, 0.15) is 17.8 Å². The predicted molar refractivity (Wildman–Crippen MR) is 246 cm³/mol. The van der Waals surface area contributed by atoms with Crippen molar-refractivity contribution in [3.05, 3.63) is 206 Å². The third-order valence-corrected chi connectivity index (χ3v) is 11.9. The summed E-state index contributed by atoms with van der Waals surface area (Å²) in [5.74, 6) is 0.823. The number of nitrogens with zero attached hydrogens (tertiary/aromatic N) is 2. The molecule has 0 amide bonds. The lowest BCUT2D eigenvalue weighted by Gasteiger charge is -2.18. The Bertz CT molecular complexity index is 3570. The molecule has 4 nitrogen and oxygen atoms in total. The lowest BCUT2D eigenvalue weighted by molar-refractivity contribution is 0.361. The Morgan fingerprint density at radius 2 is 1.14 bits per heavy atom. The van der Waals surface area contributed by atoms with Crippen LogP contribution in [0.25, 0.3) is 105 Å². The van der Waals surface area contributed by atoms with E-state index in [0.717, 1.165) is 89.0 Å². The summed E-state index contributed by atoms with van der Waals surface area (Å²) in [6.45, 7) is 4.87. The lowest BCUT2D eigenvalue weighted by atomic mass is 9.92. The van der Waals surface area contributed by atoms with Crippen LogP contribution in [0.15, 0.2) is 205 Å². The number of hydrogen-bond acceptors (Lipinski definition) is 2. The van der Waals surface area contributed by atoms with E-state index in [1.807, 2.05) is 36.4 Å². The molecule has 0 saturated carbocycles. The van der Waals surface area contributed by atoms with E-state index in [-0.39, 0.29) is 0 Å². The molecule has 0 spiro atoms. The number of allylic oxidation sites excluding steroid dienone is 4. The van der Waals surface area contributed by atoms with Gasteiger partial charge in [-0.3, -0.25) is 0 Å². The molecule has 11 aromatic rings. The van der Waals surface area contributed by atoms with Crippen molar-refractivity contribution in [3.63, 3.8) is 0 Å². The van der Waals surface area contributed by atoms with Gasteiger partial charge in [-0.1, -0.05) is 128 Å². The fourth-order valence-corrected chi connectivity index (χ4v) is 9.27. The third kappa shape index (κ3) is 5.16. The molecule has 0 bridgehead atoms. The summed E-state index contributed by atoms with van der Waals surface area (Å²) in [5.41, 5.74) is 15.0. The molecule has 278 valence electrons. The summed E-state index contributed by atoms with van der Waals surface area (Å²) in [4.78, 5) is 0. The van der Waals surface area contributed by atoms with Crippen molar-refractivity contribution in [1.82, 2.24) is 9.13 Å². The smallest absolute Gasteiger partial charge is 0.151 e. The Hall–Kier alpha value is -7.82. The Labute approximate surface area is 340 Å². The number of aromatic nitrogens is 2. The molecule has 1 aliphatic heterocycles. The summed E-state index contributed by atoms with van der Waals surface area (Å²) in [6, 6.07) is 61.1. The van der Waals surface area contributed by atoms with Crippen LogP contribution in [-0.2, 0) is 0 Å². The fourth-order valence-electron chi connectivity index (χ4n) is 9.27. The Kier molecular flexibility index (Phi) is 7.41. The van der Waals surface area contributed by atoms with E-state index in [0.29, 0.717) is 6.61 Å². The van der Waals surface area contributed by atoms with Gasteiger partial charge in [0, 0.05) is 43.6 Å². The second-order valence-electron chi connectivity index (χ2n) is 15.3. The predicted octanol–water partition coefficient (Wildman–Crippen LogP) is 14.6. The summed E-state index contributed by atoms with van der Waals surface area (Å²) < 4.78 is 17.5. The van der Waals surface area contributed by atoms with Crippen LogP contribution in [0.5, 0.6) is 5.75 Å². The maximum Gasteiger partial charge on any atom is 0.151 e. The van der Waals surface area contributed by atoms with Gasteiger partial charge in [-0.25, -0.2) is 0 Å². The van der Waals surface area contributed by atoms with Gasteiger partial charge in [-0.05, 0) is 101 Å². The van der Waals surface area contributed by atoms with Gasteiger partial charge in [0.25, 0.3) is 0 Å². The molecule has 1 aliphatic rings. The molecule has 0 aliphatic carbocycles. The van der Waals surface area contributed by atoms with Crippen molar-refractivity contribution in [3.8, 4) is 39.4 Å². The first-order chi connectivity index (χ1) is 29.2. The van der Waals surface area contributed by atoms with Crippen molar-refractivity contribution in [1.29, 1.82) is 0 Å². The minimum Gasteiger partial charge on any atom is -0.487 e. The molecule has 0 fully saturated rings. The largest absolute Gasteiger partial charge is 0.487 e. The molecule has 0 radical (unpaired) electrons. The quantitative estimate of drug-likeness (QED) is 0.179. The molecule has 0 unspecified atom stereocenters. The number of fused-ring (bicyclic) bond motifs is 10. The number of rotatable bonds is 4. The number of para-hydroxylation sites is 4. The van der Waals surface area contributed by atoms with Gasteiger partial charge in [-0.2, -0.15) is 0 Å². The maximum atomic E-state index is 6.57. The molecule has 4 heterocycles. The van der Waals surface area contributed by atoms with Gasteiger partial charge in [0.2, 0.25) is 0 Å². The highest BCUT2D eigenvalue weighted by Crippen LogP contribution is 2.45. The average molecular weight is 757 g/mol. The van der Waals surface area contributed by atoms with Gasteiger partial charge in [-0.15, -0.1) is 0 Å². The minimum atomic E-state index is 0.464. The molecular formula is C55H36N2O2. The second-order valence-corrected chi connectivity index (χ2v) is 15.3. The first kappa shape index (κ1) is 33.3. The number of ether oxygens (including phenoxy) is 1. The zero-order valence-electron chi connectivity index (χ0n) is 32.1. The molecule has 4 heteroatoms. The Balaban J connectivity index is 1.11. The molecule has 0 saturated heterocycles. The Morgan fingerprint density at radius 1 is 0.441 bits per heavy atom. The van der Waals surface area contributed by atoms with Gasteiger partial charge in [0.05, 0.1) is 27.8 Å². The maximum absolute atomic E-state index is 6.57. The zero-order valence-corrected chi connectivity index (χ0v) is 32.1. The molecule has 12 rings (SSSR count). The van der Waals surface area contributed by atoms with E-state index in [1.165, 1.54) is 27.1 Å². The van der Waals surface area contributed by atoms with E-state index >= 15 is 0 Å². The summed E-state index contributed by atoms with van der Waals surface area (Å²) in [5, 5.41) is 7.01. The van der Waals surface area contributed by atoms with Crippen LogP contribution in [0.4, 0.5) is 0 Å². The number of furan rings is 1. The summed E-state index contributed by atoms with van der Waals surface area (Å²) >= 11 is 0. The lowest BCUT2D eigenvalue weighted by Crippen LogP contribution is -2.04. The van der Waals surface area contributed by atoms with Crippen molar-refractivity contribution in [2.24, 2.45) is 0 Å². The van der Waals surface area contributed by atoms with Crippen LogP contribution in [0.2, 0.25) is 0 Å². The molecular weight excluding hydrogens is 721 g/mol. The van der Waals surface area contributed by atoms with E-state index in [4.69, 9.17) is 9.15 Å². The molecule has 0 atom stereocenters. The van der Waals surface area contributed by atoms with Crippen molar-refractivity contribution in [2.75, 3.05) is 6.61 Å². The summed E-state index contributed by atoms with van der Waals surface area (Å²) in [7, 11) is 0. The zero-order chi connectivity index (χ0) is 39.0. The van der Waals surface area contributed by atoms with Crippen LogP contribution in [-0.4, -0.2) is 15.7 Å². The van der Waals surface area contributed by atoms with Crippen LogP contribution in [0.3, 0.4) is 0 Å². The highest BCUT2D eigenvalue weighted by molar-refractivity contribution is 6.15. The second kappa shape index (κ2) is 13.1. The first-order valence-corrected chi connectivity index (χ1v) is 20.1. The van der Waals surface area contributed by atoms with E-state index in [2.05, 4.69) is 173 Å². The number of hydrogen-bond donors (Lipinski definition) is 0. The van der Waals surface area contributed by atoms with Crippen molar-refractivity contribution in [2.45, 2.75) is 0 Å². The topological polar surface area (TPSA) is 32.2 Å². The fraction of sp³-hybridized carbons (Fsp3) is 0.0182. The van der Waals surface area contributed by atoms with Crippen LogP contribution < -0.4 is 4.74 Å². The SMILES string of the molecule is C=C1/C=C\C=C/COc2c1cccc2-n1c2ccccc2c2cc(-c3ccc4c(c3)c3ccccc3n4-c3ccc4oc5ccccc5c4c3)c(-c3ccccc3)cc21. The summed E-state index contributed by atoms with van der Waals surface area (Å²) in [6.07, 6.45) is 8.13. The van der Waals surface area contributed by atoms with Crippen LogP contribution in [0.1, 0.15) is 5.56 Å². The van der Waals surface area contributed by atoms with E-state index in [1.54, 1.807) is 0 Å². The van der Waals surface area contributed by atoms with Crippen molar-refractivity contribution < 1.29 is 9.15 Å². The molecule has 3 aromatic heterocycles. The van der Waals surface area contributed by atoms with E-state index < -0.39 is 0 Å². The first-order valence-electron chi connectivity index (χ1n) is 20.1. The average Bonchev–Trinajstić information content (AvgIpc) is 3.95. The third-order valence-electron chi connectivity index (χ3n) is 11.9. The van der Waals surface area contributed by atoms with Crippen molar-refractivity contribution >= 4 is 71.1 Å². The molecule has 59 heavy (non-hydrogen) atoms. The highest BCUT2D eigenvalue weighted by atomic mass is 16.5. The normalized spacial score (nSPS) is 14.1. The van der Waals surface area contributed by atoms with Crippen LogP contribution in [0, 0.1) is 0 Å². The van der Waals surface area contributed by atoms with Gasteiger partial charge in [0.15, 0.2) is 5.75 Å². The molecule has 8 aromatic carbocycles. The Morgan fingerprint density at radius 3 is 1.98 bits per heavy atom. The minimum absolute atomic E-state index is 0.464.